The number of nitrogens with zero attached hydrogens (tertiary/aromatic N) is 3. The number of aryl methyl sites for hydroxylation is 2. The van der Waals surface area contributed by atoms with Gasteiger partial charge in [-0.3, -0.25) is 4.79 Å². The van der Waals surface area contributed by atoms with Crippen LogP contribution < -0.4 is 16.0 Å². The molecule has 10 heteroatoms. The molecule has 0 bridgehead atoms. The van der Waals surface area contributed by atoms with Crippen LogP contribution in [-0.4, -0.2) is 26.6 Å². The summed E-state index contributed by atoms with van der Waals surface area (Å²) in [4.78, 5) is 25.8. The molecule has 4 aromatic rings. The summed E-state index contributed by atoms with van der Waals surface area (Å²) in [5.74, 6) is 0.587. The molecule has 4 rings (SSSR count). The molecule has 0 unspecified atom stereocenters. The van der Waals surface area contributed by atoms with E-state index in [0.717, 1.165) is 28.2 Å². The van der Waals surface area contributed by atoms with Crippen LogP contribution in [0.15, 0.2) is 71.9 Å². The number of halogens is 2. The zero-order valence-corrected chi connectivity index (χ0v) is 21.3. The summed E-state index contributed by atoms with van der Waals surface area (Å²) in [6, 6.07) is 20.5. The third-order valence-corrected chi connectivity index (χ3v) is 6.52. The Labute approximate surface area is 217 Å². The minimum atomic E-state index is -0.165. The molecule has 178 valence electrons. The van der Waals surface area contributed by atoms with Crippen molar-refractivity contribution in [3.63, 3.8) is 0 Å². The van der Waals surface area contributed by atoms with E-state index in [-0.39, 0.29) is 11.7 Å². The highest BCUT2D eigenvalue weighted by Gasteiger charge is 2.12. The molecule has 0 fully saturated rings. The number of carbonyl (C=O) groups excluding carboxylic acids is 1. The average molecular weight is 525 g/mol. The first-order valence-electron chi connectivity index (χ1n) is 10.7. The van der Waals surface area contributed by atoms with E-state index in [4.69, 9.17) is 23.2 Å². The molecule has 0 saturated carbocycles. The normalized spacial score (nSPS) is 10.6. The fraction of sp³-hybridized carbons (Fsp3) is 0.120. The maximum atomic E-state index is 12.4. The van der Waals surface area contributed by atoms with Crippen molar-refractivity contribution >= 4 is 69.8 Å². The summed E-state index contributed by atoms with van der Waals surface area (Å²) in [7, 11) is 0. The Kier molecular flexibility index (Phi) is 8.07. The first-order valence-corrected chi connectivity index (χ1v) is 12.4. The maximum Gasteiger partial charge on any atom is 0.234 e. The van der Waals surface area contributed by atoms with Crippen molar-refractivity contribution in [3.05, 3.63) is 87.9 Å². The summed E-state index contributed by atoms with van der Waals surface area (Å²) in [5.41, 5.74) is 4.12. The second-order valence-electron chi connectivity index (χ2n) is 7.65. The number of hydrogen-bond acceptors (Lipinski definition) is 7. The van der Waals surface area contributed by atoms with Gasteiger partial charge in [0.05, 0.1) is 5.75 Å². The number of benzene rings is 3. The van der Waals surface area contributed by atoms with Crippen molar-refractivity contribution in [2.45, 2.75) is 19.0 Å². The molecule has 0 aliphatic rings. The predicted octanol–water partition coefficient (Wildman–Crippen LogP) is 7.01. The minimum Gasteiger partial charge on any atom is -0.325 e. The number of nitrogens with one attached hydrogen (secondary N) is 3. The van der Waals surface area contributed by atoms with E-state index in [1.165, 1.54) is 11.8 Å². The zero-order valence-electron chi connectivity index (χ0n) is 19.0. The summed E-state index contributed by atoms with van der Waals surface area (Å²) in [6.45, 7) is 3.86. The Morgan fingerprint density at radius 1 is 0.771 bits per heavy atom. The van der Waals surface area contributed by atoms with E-state index in [1.54, 1.807) is 12.1 Å². The molecule has 3 N–H and O–H groups in total. The Morgan fingerprint density at radius 2 is 1.31 bits per heavy atom. The maximum absolute atomic E-state index is 12.4. The van der Waals surface area contributed by atoms with Crippen LogP contribution in [0.25, 0.3) is 0 Å². The van der Waals surface area contributed by atoms with Crippen LogP contribution >= 0.6 is 35.0 Å². The van der Waals surface area contributed by atoms with Gasteiger partial charge in [0.15, 0.2) is 5.16 Å². The first-order chi connectivity index (χ1) is 16.9. The zero-order chi connectivity index (χ0) is 24.8. The van der Waals surface area contributed by atoms with Crippen molar-refractivity contribution in [1.82, 2.24) is 15.0 Å². The topological polar surface area (TPSA) is 91.8 Å². The van der Waals surface area contributed by atoms with Gasteiger partial charge in [0.25, 0.3) is 0 Å². The summed E-state index contributed by atoms with van der Waals surface area (Å²) < 4.78 is 0. The van der Waals surface area contributed by atoms with Crippen LogP contribution in [0.1, 0.15) is 11.1 Å². The fourth-order valence-corrected chi connectivity index (χ4v) is 3.98. The number of amides is 1. The summed E-state index contributed by atoms with van der Waals surface area (Å²) >= 11 is 13.7. The number of rotatable bonds is 8. The van der Waals surface area contributed by atoms with Gasteiger partial charge in [-0.25, -0.2) is 0 Å². The Morgan fingerprint density at radius 3 is 1.83 bits per heavy atom. The standard InChI is InChI=1S/C25H22Cl2N6OS/c1-15-8-10-18(12-20(15)26)29-23-31-24(30-19-11-9-16(2)21(27)13-19)33-25(32-23)35-14-22(34)28-17-6-4-3-5-7-17/h3-13H,14H2,1-2H3,(H,28,34)(H2,29,30,31,32,33). The molecule has 0 saturated heterocycles. The molecule has 7 nitrogen and oxygen atoms in total. The van der Waals surface area contributed by atoms with Crippen molar-refractivity contribution in [2.75, 3.05) is 21.7 Å². The highest BCUT2D eigenvalue weighted by atomic mass is 35.5. The molecule has 0 aliphatic heterocycles. The van der Waals surface area contributed by atoms with Crippen molar-refractivity contribution in [2.24, 2.45) is 0 Å². The molecular weight excluding hydrogens is 503 g/mol. The lowest BCUT2D eigenvalue weighted by Gasteiger charge is -2.11. The van der Waals surface area contributed by atoms with Gasteiger partial charge in [0.1, 0.15) is 0 Å². The van der Waals surface area contributed by atoms with Crippen molar-refractivity contribution in [3.8, 4) is 0 Å². The highest BCUT2D eigenvalue weighted by molar-refractivity contribution is 7.99. The lowest BCUT2D eigenvalue weighted by atomic mass is 10.2. The van der Waals surface area contributed by atoms with Crippen LogP contribution in [0.4, 0.5) is 29.0 Å². The Bertz CT molecular complexity index is 1280. The highest BCUT2D eigenvalue weighted by Crippen LogP contribution is 2.26. The number of carbonyl (C=O) groups is 1. The second-order valence-corrected chi connectivity index (χ2v) is 9.40. The molecule has 1 aromatic heterocycles. The van der Waals surface area contributed by atoms with Gasteiger partial charge in [-0.2, -0.15) is 15.0 Å². The van der Waals surface area contributed by atoms with Gasteiger partial charge < -0.3 is 16.0 Å². The molecular formula is C25H22Cl2N6OS. The smallest absolute Gasteiger partial charge is 0.234 e. The van der Waals surface area contributed by atoms with Gasteiger partial charge >= 0.3 is 0 Å². The van der Waals surface area contributed by atoms with E-state index in [2.05, 4.69) is 30.9 Å². The quantitative estimate of drug-likeness (QED) is 0.213. The monoisotopic (exact) mass is 524 g/mol. The summed E-state index contributed by atoms with van der Waals surface area (Å²) in [6.07, 6.45) is 0. The Balaban J connectivity index is 1.55. The molecule has 0 radical (unpaired) electrons. The first kappa shape index (κ1) is 24.8. The number of hydrogen-bond donors (Lipinski definition) is 3. The van der Waals surface area contributed by atoms with Gasteiger partial charge in [0.2, 0.25) is 17.8 Å². The van der Waals surface area contributed by atoms with Gasteiger partial charge in [-0.15, -0.1) is 0 Å². The van der Waals surface area contributed by atoms with Crippen LogP contribution in [0, 0.1) is 13.8 Å². The third kappa shape index (κ3) is 7.08. The number of aromatic nitrogens is 3. The largest absolute Gasteiger partial charge is 0.325 e. The van der Waals surface area contributed by atoms with E-state index in [0.29, 0.717) is 27.1 Å². The van der Waals surface area contributed by atoms with Crippen LogP contribution in [0.3, 0.4) is 0 Å². The van der Waals surface area contributed by atoms with Crippen LogP contribution in [0.5, 0.6) is 0 Å². The molecule has 35 heavy (non-hydrogen) atoms. The second kappa shape index (κ2) is 11.4. The predicted molar refractivity (Wildman–Crippen MR) is 145 cm³/mol. The molecule has 0 atom stereocenters. The number of anilines is 5. The average Bonchev–Trinajstić information content (AvgIpc) is 2.83. The molecule has 0 spiro atoms. The van der Waals surface area contributed by atoms with E-state index in [1.807, 2.05) is 68.4 Å². The number of para-hydroxylation sites is 1. The lowest BCUT2D eigenvalue weighted by Crippen LogP contribution is -2.14. The molecule has 1 heterocycles. The third-order valence-electron chi connectivity index (χ3n) is 4.86. The van der Waals surface area contributed by atoms with Gasteiger partial charge in [0, 0.05) is 27.1 Å². The molecule has 1 amide bonds. The van der Waals surface area contributed by atoms with Crippen LogP contribution in [0.2, 0.25) is 10.0 Å². The molecule has 3 aromatic carbocycles. The summed E-state index contributed by atoms with van der Waals surface area (Å²) in [5, 5.41) is 10.8. The van der Waals surface area contributed by atoms with Gasteiger partial charge in [-0.1, -0.05) is 65.3 Å². The van der Waals surface area contributed by atoms with Crippen LogP contribution in [-0.2, 0) is 4.79 Å². The van der Waals surface area contributed by atoms with Crippen molar-refractivity contribution in [1.29, 1.82) is 0 Å². The van der Waals surface area contributed by atoms with E-state index >= 15 is 0 Å². The van der Waals surface area contributed by atoms with Crippen molar-refractivity contribution < 1.29 is 4.79 Å². The van der Waals surface area contributed by atoms with E-state index in [9.17, 15) is 4.79 Å². The lowest BCUT2D eigenvalue weighted by molar-refractivity contribution is -0.113. The number of thioether (sulfide) groups is 1. The minimum absolute atomic E-state index is 0.129. The van der Waals surface area contributed by atoms with Gasteiger partial charge in [-0.05, 0) is 61.4 Å². The molecule has 0 aliphatic carbocycles. The Hall–Kier alpha value is -3.33. The van der Waals surface area contributed by atoms with E-state index < -0.39 is 0 Å². The SMILES string of the molecule is Cc1ccc(Nc2nc(Nc3ccc(C)c(Cl)c3)nc(SCC(=O)Nc3ccccc3)n2)cc1Cl. The fourth-order valence-electron chi connectivity index (χ4n) is 2.98.